The molecule has 2 rings (SSSR count). The molecular weight excluding hydrogens is 254 g/mol. The monoisotopic (exact) mass is 269 g/mol. The van der Waals surface area contributed by atoms with Gasteiger partial charge in [0, 0.05) is 7.11 Å². The number of hydrogen-bond donors (Lipinski definition) is 2. The smallest absolute Gasteiger partial charge is 0.226 e. The minimum atomic E-state index is 0.196. The highest BCUT2D eigenvalue weighted by Crippen LogP contribution is 2.21. The Labute approximate surface area is 110 Å². The maximum atomic E-state index is 5.88. The SMILES string of the molecule is CCCC(COC)Nc1nc(Cl)nc2[nH]ncc12. The molecule has 0 amide bonds. The Morgan fingerprint density at radius 1 is 1.50 bits per heavy atom. The molecule has 1 unspecified atom stereocenters. The molecule has 0 bridgehead atoms. The van der Waals surface area contributed by atoms with Crippen molar-refractivity contribution in [2.24, 2.45) is 0 Å². The lowest BCUT2D eigenvalue weighted by Crippen LogP contribution is -2.25. The lowest BCUT2D eigenvalue weighted by molar-refractivity contribution is 0.182. The molecule has 2 aromatic heterocycles. The molecule has 0 aliphatic rings. The lowest BCUT2D eigenvalue weighted by atomic mass is 10.2. The molecule has 0 radical (unpaired) electrons. The van der Waals surface area contributed by atoms with Gasteiger partial charge in [-0.25, -0.2) is 0 Å². The number of rotatable bonds is 6. The van der Waals surface area contributed by atoms with E-state index in [1.807, 2.05) is 0 Å². The standard InChI is InChI=1S/C11H16ClN5O/c1-3-4-7(6-18-2)14-9-8-5-13-17-10(8)16-11(12)15-9/h5,7H,3-4,6H2,1-2H3,(H2,13,14,15,16,17). The maximum absolute atomic E-state index is 5.88. The van der Waals surface area contributed by atoms with Crippen LogP contribution in [0.25, 0.3) is 11.0 Å². The summed E-state index contributed by atoms with van der Waals surface area (Å²) in [6, 6.07) is 0.198. The number of ether oxygens (including phenoxy) is 1. The number of methoxy groups -OCH3 is 1. The Hall–Kier alpha value is -1.40. The largest absolute Gasteiger partial charge is 0.383 e. The van der Waals surface area contributed by atoms with Crippen LogP contribution in [0.2, 0.25) is 5.28 Å². The summed E-state index contributed by atoms with van der Waals surface area (Å²) < 4.78 is 5.19. The van der Waals surface area contributed by atoms with Crippen molar-refractivity contribution in [2.45, 2.75) is 25.8 Å². The van der Waals surface area contributed by atoms with Crippen LogP contribution in [0.5, 0.6) is 0 Å². The fraction of sp³-hybridized carbons (Fsp3) is 0.545. The van der Waals surface area contributed by atoms with Gasteiger partial charge < -0.3 is 10.1 Å². The molecule has 1 atom stereocenters. The summed E-state index contributed by atoms with van der Waals surface area (Å²) in [5, 5.41) is 11.1. The fourth-order valence-corrected chi connectivity index (χ4v) is 2.03. The van der Waals surface area contributed by atoms with Gasteiger partial charge in [-0.15, -0.1) is 0 Å². The Morgan fingerprint density at radius 3 is 3.06 bits per heavy atom. The van der Waals surface area contributed by atoms with Crippen molar-refractivity contribution in [3.63, 3.8) is 0 Å². The number of fused-ring (bicyclic) bond motifs is 1. The summed E-state index contributed by atoms with van der Waals surface area (Å²) in [7, 11) is 1.69. The molecule has 98 valence electrons. The molecule has 0 saturated carbocycles. The van der Waals surface area contributed by atoms with Gasteiger partial charge in [-0.2, -0.15) is 15.1 Å². The predicted octanol–water partition coefficient (Wildman–Crippen LogP) is 2.23. The quantitative estimate of drug-likeness (QED) is 0.787. The van der Waals surface area contributed by atoms with Crippen molar-refractivity contribution in [2.75, 3.05) is 19.0 Å². The number of anilines is 1. The first-order valence-corrected chi connectivity index (χ1v) is 6.24. The fourth-order valence-electron chi connectivity index (χ4n) is 1.86. The van der Waals surface area contributed by atoms with Gasteiger partial charge in [0.15, 0.2) is 5.65 Å². The third kappa shape index (κ3) is 2.88. The zero-order valence-electron chi connectivity index (χ0n) is 10.4. The number of aromatic nitrogens is 4. The lowest BCUT2D eigenvalue weighted by Gasteiger charge is -2.18. The van der Waals surface area contributed by atoms with E-state index >= 15 is 0 Å². The Bertz CT molecular complexity index is 509. The number of nitrogens with one attached hydrogen (secondary N) is 2. The maximum Gasteiger partial charge on any atom is 0.226 e. The zero-order chi connectivity index (χ0) is 13.0. The van der Waals surface area contributed by atoms with Crippen LogP contribution in [0.3, 0.4) is 0 Å². The highest BCUT2D eigenvalue weighted by atomic mass is 35.5. The van der Waals surface area contributed by atoms with Gasteiger partial charge in [0.05, 0.1) is 24.2 Å². The Morgan fingerprint density at radius 2 is 2.33 bits per heavy atom. The molecule has 0 aliphatic carbocycles. The Kier molecular flexibility index (Phi) is 4.33. The van der Waals surface area contributed by atoms with E-state index in [9.17, 15) is 0 Å². The van der Waals surface area contributed by atoms with E-state index in [4.69, 9.17) is 16.3 Å². The third-order valence-electron chi connectivity index (χ3n) is 2.63. The van der Waals surface area contributed by atoms with E-state index in [0.717, 1.165) is 18.2 Å². The number of H-pyrrole nitrogens is 1. The van der Waals surface area contributed by atoms with Gasteiger partial charge in [0.1, 0.15) is 5.82 Å². The van der Waals surface area contributed by atoms with Crippen molar-refractivity contribution >= 4 is 28.5 Å². The van der Waals surface area contributed by atoms with Gasteiger partial charge in [-0.05, 0) is 18.0 Å². The van der Waals surface area contributed by atoms with Crippen molar-refractivity contribution < 1.29 is 4.74 Å². The minimum Gasteiger partial charge on any atom is -0.383 e. The van der Waals surface area contributed by atoms with Crippen molar-refractivity contribution in [3.8, 4) is 0 Å². The summed E-state index contributed by atoms with van der Waals surface area (Å²) in [6.45, 7) is 2.75. The summed E-state index contributed by atoms with van der Waals surface area (Å²) in [5.74, 6) is 0.689. The molecule has 18 heavy (non-hydrogen) atoms. The van der Waals surface area contributed by atoms with Crippen molar-refractivity contribution in [1.29, 1.82) is 0 Å². The van der Waals surface area contributed by atoms with Gasteiger partial charge >= 0.3 is 0 Å². The van der Waals surface area contributed by atoms with Crippen molar-refractivity contribution in [3.05, 3.63) is 11.5 Å². The first-order valence-electron chi connectivity index (χ1n) is 5.86. The second kappa shape index (κ2) is 5.97. The molecule has 2 heterocycles. The second-order valence-corrected chi connectivity index (χ2v) is 4.40. The molecule has 0 aromatic carbocycles. The minimum absolute atomic E-state index is 0.196. The summed E-state index contributed by atoms with van der Waals surface area (Å²) in [4.78, 5) is 8.27. The van der Waals surface area contributed by atoms with Crippen LogP contribution >= 0.6 is 11.6 Å². The van der Waals surface area contributed by atoms with E-state index in [1.165, 1.54) is 0 Å². The number of aromatic amines is 1. The molecule has 0 fully saturated rings. The number of halogens is 1. The molecule has 6 nitrogen and oxygen atoms in total. The topological polar surface area (TPSA) is 75.7 Å². The molecule has 2 aromatic rings. The first kappa shape index (κ1) is 13.0. The van der Waals surface area contributed by atoms with Crippen LogP contribution in [0.1, 0.15) is 19.8 Å². The number of hydrogen-bond acceptors (Lipinski definition) is 5. The van der Waals surface area contributed by atoms with Crippen LogP contribution in [-0.4, -0.2) is 39.9 Å². The highest BCUT2D eigenvalue weighted by Gasteiger charge is 2.13. The van der Waals surface area contributed by atoms with Crippen LogP contribution in [0, 0.1) is 0 Å². The molecule has 0 spiro atoms. The normalized spacial score (nSPS) is 12.8. The van der Waals surface area contributed by atoms with Gasteiger partial charge in [0.2, 0.25) is 5.28 Å². The molecule has 0 saturated heterocycles. The van der Waals surface area contributed by atoms with Crippen molar-refractivity contribution in [1.82, 2.24) is 20.2 Å². The van der Waals surface area contributed by atoms with E-state index in [1.54, 1.807) is 13.3 Å². The second-order valence-electron chi connectivity index (χ2n) is 4.06. The highest BCUT2D eigenvalue weighted by molar-refractivity contribution is 6.28. The van der Waals surface area contributed by atoms with Gasteiger partial charge in [-0.1, -0.05) is 13.3 Å². The van der Waals surface area contributed by atoms with Gasteiger partial charge in [0.25, 0.3) is 0 Å². The summed E-state index contributed by atoms with van der Waals surface area (Å²) in [6.07, 6.45) is 3.74. The van der Waals surface area contributed by atoms with E-state index in [-0.39, 0.29) is 11.3 Å². The van der Waals surface area contributed by atoms with Crippen LogP contribution in [0.4, 0.5) is 5.82 Å². The molecule has 7 heteroatoms. The molecule has 0 aliphatic heterocycles. The number of nitrogens with zero attached hydrogens (tertiary/aromatic N) is 3. The van der Waals surface area contributed by atoms with Gasteiger partial charge in [-0.3, -0.25) is 5.10 Å². The summed E-state index contributed by atoms with van der Waals surface area (Å²) in [5.41, 5.74) is 0.630. The summed E-state index contributed by atoms with van der Waals surface area (Å²) >= 11 is 5.88. The average molecular weight is 270 g/mol. The average Bonchev–Trinajstić information content (AvgIpc) is 2.77. The van der Waals surface area contributed by atoms with E-state index in [0.29, 0.717) is 18.1 Å². The first-order chi connectivity index (χ1) is 8.74. The molecule has 2 N–H and O–H groups in total. The zero-order valence-corrected chi connectivity index (χ0v) is 11.2. The predicted molar refractivity (Wildman–Crippen MR) is 70.9 cm³/mol. The third-order valence-corrected chi connectivity index (χ3v) is 2.80. The molecular formula is C11H16ClN5O. The van der Waals surface area contributed by atoms with Crippen LogP contribution < -0.4 is 5.32 Å². The van der Waals surface area contributed by atoms with E-state index < -0.39 is 0 Å². The van der Waals surface area contributed by atoms with Crippen LogP contribution in [0.15, 0.2) is 6.20 Å². The van der Waals surface area contributed by atoms with E-state index in [2.05, 4.69) is 32.4 Å². The Balaban J connectivity index is 2.26. The van der Waals surface area contributed by atoms with Crippen LogP contribution in [-0.2, 0) is 4.74 Å².